The van der Waals surface area contributed by atoms with Crippen molar-refractivity contribution in [2.45, 2.75) is 38.5 Å². The SMILES string of the molecule is CC1(C)c2cc3[nH]c4cc(Br)ccc4c3cc2-c2cc3c4ccccc4c4ccc5ccccc5c4c3cc21.CC1(C)c2ccc(-c3ccc(Br)cc3[N+](=O)[O-])cc2-c2cc3c4ccccc4c4ccc5ccccc5c4c3cc21.c1ccc(P(c2ccccc2)c2ccccc2)cc1. The van der Waals surface area contributed by atoms with Gasteiger partial charge in [-0.1, -0.05) is 290 Å². The quantitative estimate of drug-likeness (QED) is 0.0808. The van der Waals surface area contributed by atoms with E-state index in [1.807, 2.05) is 18.2 Å². The smallest absolute Gasteiger partial charge is 0.278 e. The summed E-state index contributed by atoms with van der Waals surface area (Å²) < 4.78 is 1.79. The molecule has 2 aliphatic rings. The number of halogens is 2. The summed E-state index contributed by atoms with van der Waals surface area (Å²) in [5.74, 6) is 0. The molecule has 0 unspecified atom stereocenters. The molecule has 99 heavy (non-hydrogen) atoms. The van der Waals surface area contributed by atoms with Gasteiger partial charge in [0, 0.05) is 47.6 Å². The zero-order valence-electron chi connectivity index (χ0n) is 54.8. The molecule has 0 bridgehead atoms. The zero-order valence-corrected chi connectivity index (χ0v) is 58.9. The number of nitro groups is 1. The lowest BCUT2D eigenvalue weighted by Gasteiger charge is -2.22. The molecule has 0 saturated heterocycles. The number of hydrogen-bond acceptors (Lipinski definition) is 2. The molecule has 472 valence electrons. The lowest BCUT2D eigenvalue weighted by atomic mass is 9.80. The van der Waals surface area contributed by atoms with Gasteiger partial charge in [0.2, 0.25) is 0 Å². The van der Waals surface area contributed by atoms with Crippen molar-refractivity contribution >= 4 is 169 Å². The Kier molecular flexibility index (Phi) is 14.5. The van der Waals surface area contributed by atoms with E-state index in [0.717, 1.165) is 15.6 Å². The van der Waals surface area contributed by atoms with Crippen LogP contribution in [-0.4, -0.2) is 9.91 Å². The highest BCUT2D eigenvalue weighted by Gasteiger charge is 2.39. The van der Waals surface area contributed by atoms with Gasteiger partial charge < -0.3 is 4.98 Å². The maximum atomic E-state index is 11.9. The van der Waals surface area contributed by atoms with Gasteiger partial charge in [-0.25, -0.2) is 0 Å². The van der Waals surface area contributed by atoms with E-state index < -0.39 is 7.92 Å². The molecule has 1 heterocycles. The standard InChI is InChI=1S/C37H24BrNO2.C37H24BrN.C18H15P/c1-37(2)33-16-12-22(24-15-13-23(38)18-35(24)39(40)41)17-30(33)31-19-29-27-10-6-5-9-26(27)28-14-11-21-7-3-4-8-25(21)36(28)32(29)20-34(31)37;1-37(2)32-18-31-27(24-10-6-5-9-23(24)26-13-11-20-7-3-4-8-22(20)36(26)31)16-28(32)29-17-30-25-14-12-21(38)15-34(25)39-35(30)19-33(29)37;1-4-10-16(11-5-1)19(17-12-6-2-7-13-17)18-14-8-3-9-15-18/h3-20H,1-2H3;3-19,39H,1-2H3;1-15H. The van der Waals surface area contributed by atoms with Crippen LogP contribution in [0.4, 0.5) is 5.69 Å². The first-order valence-electron chi connectivity index (χ1n) is 33.7. The van der Waals surface area contributed by atoms with Crippen LogP contribution in [0.1, 0.15) is 49.9 Å². The van der Waals surface area contributed by atoms with Crippen molar-refractivity contribution < 1.29 is 4.92 Å². The van der Waals surface area contributed by atoms with E-state index in [4.69, 9.17) is 0 Å². The molecule has 0 radical (unpaired) electrons. The number of benzene rings is 17. The molecule has 0 spiro atoms. The molecule has 4 nitrogen and oxygen atoms in total. The second kappa shape index (κ2) is 23.6. The van der Waals surface area contributed by atoms with Crippen molar-refractivity contribution in [2.24, 2.45) is 0 Å². The van der Waals surface area contributed by atoms with Gasteiger partial charge in [0.25, 0.3) is 5.69 Å². The Labute approximate surface area is 591 Å². The van der Waals surface area contributed by atoms with E-state index in [0.29, 0.717) is 10.0 Å². The Bertz CT molecular complexity index is 6330. The summed E-state index contributed by atoms with van der Waals surface area (Å²) in [5.41, 5.74) is 14.0. The molecule has 0 amide bonds. The molecular formula is C92H63Br2N2O2P. The summed E-state index contributed by atoms with van der Waals surface area (Å²) in [7, 11) is -0.446. The largest absolute Gasteiger partial charge is 0.354 e. The minimum Gasteiger partial charge on any atom is -0.354 e. The van der Waals surface area contributed by atoms with E-state index in [1.54, 1.807) is 6.07 Å². The Balaban J connectivity index is 0.000000114. The summed E-state index contributed by atoms with van der Waals surface area (Å²) in [6.07, 6.45) is 0. The second-order valence-electron chi connectivity index (χ2n) is 27.4. The van der Waals surface area contributed by atoms with Crippen LogP contribution in [-0.2, 0) is 10.8 Å². The number of aromatic amines is 1. The fourth-order valence-corrected chi connectivity index (χ4v) is 19.5. The molecule has 7 heteroatoms. The Morgan fingerprint density at radius 3 is 1.21 bits per heavy atom. The molecule has 1 aromatic heterocycles. The van der Waals surface area contributed by atoms with Crippen LogP contribution in [0.25, 0.3) is 141 Å². The topological polar surface area (TPSA) is 58.9 Å². The molecule has 1 N–H and O–H groups in total. The molecule has 17 aromatic carbocycles. The molecule has 0 saturated carbocycles. The second-order valence-corrected chi connectivity index (χ2v) is 31.5. The van der Waals surface area contributed by atoms with E-state index in [2.05, 4.69) is 344 Å². The number of nitro benzene ring substituents is 1. The van der Waals surface area contributed by atoms with Gasteiger partial charge in [0.15, 0.2) is 0 Å². The predicted molar refractivity (Wildman–Crippen MR) is 430 cm³/mol. The Morgan fingerprint density at radius 2 is 0.707 bits per heavy atom. The highest BCUT2D eigenvalue weighted by atomic mass is 79.9. The first-order chi connectivity index (χ1) is 48.3. The van der Waals surface area contributed by atoms with Gasteiger partial charge in [0.05, 0.1) is 10.5 Å². The van der Waals surface area contributed by atoms with Crippen LogP contribution >= 0.6 is 39.8 Å². The van der Waals surface area contributed by atoms with Crippen molar-refractivity contribution in [1.29, 1.82) is 0 Å². The number of nitrogens with zero attached hydrogens (tertiary/aromatic N) is 1. The number of nitrogens with one attached hydrogen (secondary N) is 1. The average Bonchev–Trinajstić information content (AvgIpc) is 1.53. The first-order valence-corrected chi connectivity index (χ1v) is 36.6. The molecule has 0 fully saturated rings. The first kappa shape index (κ1) is 60.8. The summed E-state index contributed by atoms with van der Waals surface area (Å²) in [4.78, 5) is 15.3. The van der Waals surface area contributed by atoms with Crippen molar-refractivity contribution in [3.05, 3.63) is 345 Å². The average molecular weight is 1420 g/mol. The minimum atomic E-state index is -0.446. The fraction of sp³-hybridized carbons (Fsp3) is 0.0652. The van der Waals surface area contributed by atoms with Gasteiger partial charge in [-0.2, -0.15) is 0 Å². The summed E-state index contributed by atoms with van der Waals surface area (Å²) in [5, 5.41) is 39.3. The minimum absolute atomic E-state index is 0.0969. The number of rotatable bonds is 5. The van der Waals surface area contributed by atoms with Crippen LogP contribution in [0.3, 0.4) is 0 Å². The Morgan fingerprint density at radius 1 is 0.313 bits per heavy atom. The van der Waals surface area contributed by atoms with Crippen molar-refractivity contribution in [3.8, 4) is 33.4 Å². The van der Waals surface area contributed by atoms with E-state index in [9.17, 15) is 10.1 Å². The van der Waals surface area contributed by atoms with Crippen LogP contribution < -0.4 is 15.9 Å². The van der Waals surface area contributed by atoms with Gasteiger partial charge in [-0.15, -0.1) is 0 Å². The van der Waals surface area contributed by atoms with E-state index in [-0.39, 0.29) is 21.4 Å². The summed E-state index contributed by atoms with van der Waals surface area (Å²) >= 11 is 7.03. The Hall–Kier alpha value is -10.6. The third-order valence-electron chi connectivity index (χ3n) is 21.2. The van der Waals surface area contributed by atoms with Crippen LogP contribution in [0.5, 0.6) is 0 Å². The van der Waals surface area contributed by atoms with Crippen molar-refractivity contribution in [1.82, 2.24) is 4.98 Å². The molecule has 2 aliphatic carbocycles. The van der Waals surface area contributed by atoms with Gasteiger partial charge in [-0.3, -0.25) is 10.1 Å². The van der Waals surface area contributed by atoms with Crippen LogP contribution in [0.2, 0.25) is 0 Å². The third-order valence-corrected chi connectivity index (χ3v) is 24.7. The van der Waals surface area contributed by atoms with Crippen LogP contribution in [0, 0.1) is 10.1 Å². The van der Waals surface area contributed by atoms with Crippen LogP contribution in [0.15, 0.2) is 312 Å². The van der Waals surface area contributed by atoms with Gasteiger partial charge in [-0.05, 0) is 227 Å². The number of hydrogen-bond donors (Lipinski definition) is 1. The number of aromatic nitrogens is 1. The lowest BCUT2D eigenvalue weighted by molar-refractivity contribution is -0.384. The highest BCUT2D eigenvalue weighted by molar-refractivity contribution is 9.10. The van der Waals surface area contributed by atoms with Gasteiger partial charge in [0.1, 0.15) is 0 Å². The third kappa shape index (κ3) is 9.85. The predicted octanol–water partition coefficient (Wildman–Crippen LogP) is 25.4. The van der Waals surface area contributed by atoms with Crippen molar-refractivity contribution in [2.75, 3.05) is 0 Å². The lowest BCUT2D eigenvalue weighted by Crippen LogP contribution is -2.20. The molecule has 0 aliphatic heterocycles. The van der Waals surface area contributed by atoms with Gasteiger partial charge >= 0.3 is 0 Å². The molecule has 0 atom stereocenters. The molecule has 18 aromatic rings. The zero-order chi connectivity index (χ0) is 67.0. The maximum absolute atomic E-state index is 11.9. The summed E-state index contributed by atoms with van der Waals surface area (Å²) in [6, 6.07) is 109. The number of fused-ring (bicyclic) bond motifs is 25. The van der Waals surface area contributed by atoms with E-state index >= 15 is 0 Å². The summed E-state index contributed by atoms with van der Waals surface area (Å²) in [6.45, 7) is 9.34. The maximum Gasteiger partial charge on any atom is 0.278 e. The highest BCUT2D eigenvalue weighted by Crippen LogP contribution is 2.56. The normalized spacial score (nSPS) is 13.3. The van der Waals surface area contributed by atoms with E-state index in [1.165, 1.54) is 163 Å². The fourth-order valence-electron chi connectivity index (χ4n) is 16.5. The number of H-pyrrole nitrogens is 1. The molecular weight excluding hydrogens is 1360 g/mol. The molecule has 20 rings (SSSR count). The van der Waals surface area contributed by atoms with Crippen molar-refractivity contribution in [3.63, 3.8) is 0 Å². The monoisotopic (exact) mass is 1420 g/mol.